The lowest BCUT2D eigenvalue weighted by molar-refractivity contribution is 0.378. The van der Waals surface area contributed by atoms with Crippen LogP contribution in [0.25, 0.3) is 0 Å². The summed E-state index contributed by atoms with van der Waals surface area (Å²) in [6, 6.07) is 37.2. The lowest BCUT2D eigenvalue weighted by atomic mass is 9.88. The predicted octanol–water partition coefficient (Wildman–Crippen LogP) is 6.05. The maximum absolute atomic E-state index is 14.0. The number of aromatic nitrogens is 3. The Morgan fingerprint density at radius 3 is 2.00 bits per heavy atom. The molecule has 0 atom stereocenters. The molecule has 1 aromatic heterocycles. The van der Waals surface area contributed by atoms with Gasteiger partial charge in [-0.1, -0.05) is 108 Å². The molecule has 0 unspecified atom stereocenters. The summed E-state index contributed by atoms with van der Waals surface area (Å²) in [5, 5.41) is 8.37. The molecule has 0 amide bonds. The van der Waals surface area contributed by atoms with E-state index in [4.69, 9.17) is 0 Å². The monoisotopic (exact) mass is 560 g/mol. The van der Waals surface area contributed by atoms with E-state index in [1.807, 2.05) is 85.8 Å². The van der Waals surface area contributed by atoms with E-state index in [-0.39, 0.29) is 17.4 Å². The standard InChI is InChI=1S/C34H32N4O2S/c1-28-19-21-32(22-20-28)41(39,40)38(25-23-33(30-15-7-3-8-16-30)31-17-9-4-10-18-31)26-34-36-35-27-37(34)24-11-14-29-12-5-2-6-13-29/h2-10,12-13,15-22,27,33H,23-26H2,1H3. The molecule has 0 fully saturated rings. The van der Waals surface area contributed by atoms with Crippen LogP contribution in [0.15, 0.2) is 126 Å². The molecule has 0 saturated carbocycles. The molecule has 41 heavy (non-hydrogen) atoms. The molecule has 0 N–H and O–H groups in total. The van der Waals surface area contributed by atoms with E-state index in [2.05, 4.69) is 46.3 Å². The molecular formula is C34H32N4O2S. The van der Waals surface area contributed by atoms with Crippen molar-refractivity contribution < 1.29 is 8.42 Å². The highest BCUT2D eigenvalue weighted by Gasteiger charge is 2.28. The van der Waals surface area contributed by atoms with Crippen molar-refractivity contribution in [3.05, 3.63) is 150 Å². The fraction of sp³-hybridized carbons (Fsp3) is 0.176. The molecule has 0 spiro atoms. The highest BCUT2D eigenvalue weighted by atomic mass is 32.2. The van der Waals surface area contributed by atoms with E-state index < -0.39 is 10.0 Å². The Hall–Kier alpha value is -4.51. The van der Waals surface area contributed by atoms with Gasteiger partial charge in [0.05, 0.1) is 18.0 Å². The molecule has 0 radical (unpaired) electrons. The van der Waals surface area contributed by atoms with E-state index in [0.29, 0.717) is 25.3 Å². The van der Waals surface area contributed by atoms with Crippen LogP contribution in [-0.4, -0.2) is 34.0 Å². The second kappa shape index (κ2) is 13.2. The van der Waals surface area contributed by atoms with E-state index in [9.17, 15) is 8.42 Å². The number of benzene rings is 4. The third-order valence-electron chi connectivity index (χ3n) is 7.00. The minimum absolute atomic E-state index is 0.0303. The van der Waals surface area contributed by atoms with Crippen LogP contribution in [-0.2, 0) is 23.1 Å². The smallest absolute Gasteiger partial charge is 0.243 e. The molecule has 5 rings (SSSR count). The van der Waals surface area contributed by atoms with Gasteiger partial charge < -0.3 is 4.57 Å². The lowest BCUT2D eigenvalue weighted by Gasteiger charge is -2.25. The summed E-state index contributed by atoms with van der Waals surface area (Å²) >= 11 is 0. The van der Waals surface area contributed by atoms with Crippen molar-refractivity contribution in [2.45, 2.75) is 37.2 Å². The fourth-order valence-corrected chi connectivity index (χ4v) is 6.16. The molecule has 0 aliphatic heterocycles. The molecule has 6 nitrogen and oxygen atoms in total. The van der Waals surface area contributed by atoms with Crippen molar-refractivity contribution in [1.29, 1.82) is 0 Å². The SMILES string of the molecule is Cc1ccc(S(=O)(=O)N(CCC(c2ccccc2)c2ccccc2)Cc2nncn2CC#Cc2ccccc2)cc1. The van der Waals surface area contributed by atoms with Crippen molar-refractivity contribution >= 4 is 10.0 Å². The summed E-state index contributed by atoms with van der Waals surface area (Å²) < 4.78 is 31.3. The maximum Gasteiger partial charge on any atom is 0.243 e. The van der Waals surface area contributed by atoms with Gasteiger partial charge in [-0.3, -0.25) is 0 Å². The van der Waals surface area contributed by atoms with Crippen LogP contribution in [0.5, 0.6) is 0 Å². The van der Waals surface area contributed by atoms with E-state index in [1.54, 1.807) is 23.0 Å². The zero-order chi connectivity index (χ0) is 28.5. The van der Waals surface area contributed by atoms with Gasteiger partial charge in [0.15, 0.2) is 0 Å². The van der Waals surface area contributed by atoms with E-state index in [0.717, 1.165) is 22.3 Å². The Morgan fingerprint density at radius 2 is 1.39 bits per heavy atom. The van der Waals surface area contributed by atoms with Crippen molar-refractivity contribution in [3.63, 3.8) is 0 Å². The molecule has 0 bridgehead atoms. The largest absolute Gasteiger partial charge is 0.305 e. The summed E-state index contributed by atoms with van der Waals surface area (Å²) in [5.74, 6) is 6.87. The van der Waals surface area contributed by atoms with Crippen LogP contribution in [0.1, 0.15) is 40.4 Å². The first-order valence-electron chi connectivity index (χ1n) is 13.6. The summed E-state index contributed by atoms with van der Waals surface area (Å²) in [7, 11) is -3.82. The van der Waals surface area contributed by atoms with Crippen molar-refractivity contribution in [3.8, 4) is 11.8 Å². The molecule has 206 valence electrons. The summed E-state index contributed by atoms with van der Waals surface area (Å²) in [6.45, 7) is 2.68. The normalized spacial score (nSPS) is 11.4. The predicted molar refractivity (Wildman–Crippen MR) is 161 cm³/mol. The van der Waals surface area contributed by atoms with Crippen molar-refractivity contribution in [2.24, 2.45) is 0 Å². The van der Waals surface area contributed by atoms with Gasteiger partial charge in [-0.25, -0.2) is 8.42 Å². The Morgan fingerprint density at radius 1 is 0.805 bits per heavy atom. The van der Waals surface area contributed by atoms with Gasteiger partial charge in [0.2, 0.25) is 10.0 Å². The number of nitrogens with zero attached hydrogens (tertiary/aromatic N) is 4. The molecular weight excluding hydrogens is 528 g/mol. The average molecular weight is 561 g/mol. The molecule has 0 aliphatic rings. The fourth-order valence-electron chi connectivity index (χ4n) is 4.75. The maximum atomic E-state index is 14.0. The lowest BCUT2D eigenvalue weighted by Crippen LogP contribution is -2.33. The average Bonchev–Trinajstić information content (AvgIpc) is 3.45. The molecule has 4 aromatic carbocycles. The number of hydrogen-bond donors (Lipinski definition) is 0. The second-order valence-corrected chi connectivity index (χ2v) is 11.8. The summed E-state index contributed by atoms with van der Waals surface area (Å²) in [6.07, 6.45) is 2.20. The molecule has 7 heteroatoms. The second-order valence-electron chi connectivity index (χ2n) is 9.86. The van der Waals surface area contributed by atoms with Gasteiger partial charge >= 0.3 is 0 Å². The van der Waals surface area contributed by atoms with Crippen LogP contribution in [0.2, 0.25) is 0 Å². The molecule has 0 aliphatic carbocycles. The Bertz CT molecular complexity index is 1670. The van der Waals surface area contributed by atoms with E-state index >= 15 is 0 Å². The first-order chi connectivity index (χ1) is 20.0. The van der Waals surface area contributed by atoms with Crippen molar-refractivity contribution in [2.75, 3.05) is 6.54 Å². The first-order valence-corrected chi connectivity index (χ1v) is 15.0. The molecule has 0 saturated heterocycles. The van der Waals surface area contributed by atoms with Crippen molar-refractivity contribution in [1.82, 2.24) is 19.1 Å². The minimum atomic E-state index is -3.82. The van der Waals surface area contributed by atoms with Gasteiger partial charge in [0, 0.05) is 18.0 Å². The number of hydrogen-bond acceptors (Lipinski definition) is 4. The zero-order valence-corrected chi connectivity index (χ0v) is 23.8. The quantitative estimate of drug-likeness (QED) is 0.195. The number of sulfonamides is 1. The molecule has 1 heterocycles. The highest BCUT2D eigenvalue weighted by molar-refractivity contribution is 7.89. The van der Waals surface area contributed by atoms with Crippen LogP contribution < -0.4 is 0 Å². The first kappa shape index (κ1) is 28.0. The van der Waals surface area contributed by atoms with Gasteiger partial charge in [0.25, 0.3) is 0 Å². The van der Waals surface area contributed by atoms with Gasteiger partial charge in [-0.2, -0.15) is 4.31 Å². The molecule has 5 aromatic rings. The van der Waals surface area contributed by atoms with E-state index in [1.165, 1.54) is 4.31 Å². The Kier molecular flexibility index (Phi) is 9.05. The topological polar surface area (TPSA) is 68.1 Å². The van der Waals surface area contributed by atoms with Crippen LogP contribution >= 0.6 is 0 Å². The minimum Gasteiger partial charge on any atom is -0.305 e. The summed E-state index contributed by atoms with van der Waals surface area (Å²) in [5.41, 5.74) is 4.20. The van der Waals surface area contributed by atoms with Crippen LogP contribution in [0.4, 0.5) is 0 Å². The highest BCUT2D eigenvalue weighted by Crippen LogP contribution is 2.29. The van der Waals surface area contributed by atoms with Gasteiger partial charge in [-0.15, -0.1) is 10.2 Å². The Balaban J connectivity index is 1.43. The van der Waals surface area contributed by atoms with Crippen LogP contribution in [0, 0.1) is 18.8 Å². The third-order valence-corrected chi connectivity index (χ3v) is 8.86. The zero-order valence-electron chi connectivity index (χ0n) is 23.0. The third kappa shape index (κ3) is 7.17. The number of aryl methyl sites for hydroxylation is 1. The van der Waals surface area contributed by atoms with Crippen LogP contribution in [0.3, 0.4) is 0 Å². The number of rotatable bonds is 10. The van der Waals surface area contributed by atoms with Gasteiger partial charge in [0.1, 0.15) is 12.2 Å². The van der Waals surface area contributed by atoms with Gasteiger partial charge in [-0.05, 0) is 48.7 Å². The Labute approximate surface area is 242 Å². The summed E-state index contributed by atoms with van der Waals surface area (Å²) in [4.78, 5) is 0.258.